The number of aromatic nitrogens is 1. The van der Waals surface area contributed by atoms with E-state index in [1.807, 2.05) is 0 Å². The maximum atomic E-state index is 13.4. The Kier molecular flexibility index (Phi) is 3.59. The number of pyridine rings is 1. The summed E-state index contributed by atoms with van der Waals surface area (Å²) >= 11 is 11.5. The molecule has 0 unspecified atom stereocenters. The predicted octanol–water partition coefficient (Wildman–Crippen LogP) is 3.90. The van der Waals surface area contributed by atoms with Crippen LogP contribution in [-0.4, -0.2) is 10.8 Å². The van der Waals surface area contributed by atoms with Crippen molar-refractivity contribution < 1.29 is 13.6 Å². The maximum absolute atomic E-state index is 13.4. The predicted molar refractivity (Wildman–Crippen MR) is 64.0 cm³/mol. The molecule has 0 saturated heterocycles. The smallest absolute Gasteiger partial charge is 0.213 e. The molecule has 1 heterocycles. The molecule has 0 saturated carbocycles. The average Bonchev–Trinajstić information content (AvgIpc) is 2.30. The highest BCUT2D eigenvalue weighted by atomic mass is 35.5. The first-order chi connectivity index (χ1) is 8.47. The quantitative estimate of drug-likeness (QED) is 0.619. The summed E-state index contributed by atoms with van der Waals surface area (Å²) in [6, 6.07) is 4.82. The largest absolute Gasteiger partial charge is 0.288 e. The molecule has 0 aliphatic heterocycles. The maximum Gasteiger partial charge on any atom is 0.213 e. The molecule has 0 N–H and O–H groups in total. The van der Waals surface area contributed by atoms with Gasteiger partial charge >= 0.3 is 0 Å². The van der Waals surface area contributed by atoms with E-state index < -0.39 is 23.1 Å². The van der Waals surface area contributed by atoms with Crippen LogP contribution in [0.5, 0.6) is 0 Å². The van der Waals surface area contributed by atoms with Crippen molar-refractivity contribution in [1.29, 1.82) is 0 Å². The Bertz CT molecular complexity index is 611. The summed E-state index contributed by atoms with van der Waals surface area (Å²) < 4.78 is 26.3. The zero-order valence-corrected chi connectivity index (χ0v) is 10.3. The van der Waals surface area contributed by atoms with Gasteiger partial charge in [0, 0.05) is 21.7 Å². The number of halogens is 4. The van der Waals surface area contributed by atoms with Crippen LogP contribution < -0.4 is 0 Å². The van der Waals surface area contributed by atoms with Crippen LogP contribution in [0.3, 0.4) is 0 Å². The summed E-state index contributed by atoms with van der Waals surface area (Å²) in [6.07, 6.45) is 0.648. The van der Waals surface area contributed by atoms with Crippen molar-refractivity contribution in [3.8, 4) is 0 Å². The fraction of sp³-hybridized carbons (Fsp3) is 0. The van der Waals surface area contributed by atoms with Crippen LogP contribution in [0.15, 0.2) is 30.5 Å². The van der Waals surface area contributed by atoms with Crippen molar-refractivity contribution in [2.45, 2.75) is 0 Å². The van der Waals surface area contributed by atoms with E-state index in [-0.39, 0.29) is 15.6 Å². The Morgan fingerprint density at radius 2 is 1.67 bits per heavy atom. The Morgan fingerprint density at radius 3 is 2.28 bits per heavy atom. The molecule has 0 aliphatic carbocycles. The molecule has 0 radical (unpaired) electrons. The molecular weight excluding hydrogens is 283 g/mol. The number of nitrogens with zero attached hydrogens (tertiary/aromatic N) is 1. The molecule has 0 aliphatic rings. The van der Waals surface area contributed by atoms with Gasteiger partial charge in [-0.05, 0) is 18.2 Å². The summed E-state index contributed by atoms with van der Waals surface area (Å²) in [4.78, 5) is 15.1. The molecular formula is C12H5Cl2F2NO. The van der Waals surface area contributed by atoms with Crippen molar-refractivity contribution in [1.82, 2.24) is 4.98 Å². The number of hydrogen-bond acceptors (Lipinski definition) is 2. The van der Waals surface area contributed by atoms with Gasteiger partial charge in [0.2, 0.25) is 5.95 Å². The van der Waals surface area contributed by atoms with Gasteiger partial charge in [-0.15, -0.1) is 0 Å². The standard InChI is InChI=1S/C12H5Cl2F2NO/c13-7-1-6(2-8(14)3-7)12(18)9-4-11(16)17-5-10(9)15/h1-5H. The van der Waals surface area contributed by atoms with Gasteiger partial charge in [0.15, 0.2) is 11.6 Å². The minimum Gasteiger partial charge on any atom is -0.288 e. The summed E-state index contributed by atoms with van der Waals surface area (Å²) in [5.74, 6) is -2.55. The summed E-state index contributed by atoms with van der Waals surface area (Å²) in [7, 11) is 0. The van der Waals surface area contributed by atoms with E-state index in [0.29, 0.717) is 6.20 Å². The molecule has 1 aromatic heterocycles. The molecule has 0 fully saturated rings. The van der Waals surface area contributed by atoms with Gasteiger partial charge in [-0.3, -0.25) is 4.79 Å². The lowest BCUT2D eigenvalue weighted by molar-refractivity contribution is 0.103. The number of carbonyl (C=O) groups excluding carboxylic acids is 1. The number of carbonyl (C=O) groups is 1. The van der Waals surface area contributed by atoms with Crippen LogP contribution in [0.25, 0.3) is 0 Å². The Morgan fingerprint density at radius 1 is 1.06 bits per heavy atom. The van der Waals surface area contributed by atoms with Crippen LogP contribution in [-0.2, 0) is 0 Å². The van der Waals surface area contributed by atoms with Crippen LogP contribution in [0, 0.1) is 11.8 Å². The third-order valence-corrected chi connectivity index (χ3v) is 2.63. The van der Waals surface area contributed by atoms with Gasteiger partial charge in [-0.2, -0.15) is 4.39 Å². The van der Waals surface area contributed by atoms with Gasteiger partial charge in [-0.1, -0.05) is 23.2 Å². The lowest BCUT2D eigenvalue weighted by Gasteiger charge is -2.04. The molecule has 6 heteroatoms. The van der Waals surface area contributed by atoms with Gasteiger partial charge in [0.1, 0.15) is 0 Å². The Labute approximate surface area is 111 Å². The highest BCUT2D eigenvalue weighted by molar-refractivity contribution is 6.35. The molecule has 2 rings (SSSR count). The van der Waals surface area contributed by atoms with Crippen molar-refractivity contribution >= 4 is 29.0 Å². The van der Waals surface area contributed by atoms with Crippen LogP contribution >= 0.6 is 23.2 Å². The minimum atomic E-state index is -0.937. The molecule has 2 aromatic rings. The first-order valence-electron chi connectivity index (χ1n) is 4.79. The second-order valence-electron chi connectivity index (χ2n) is 3.47. The summed E-state index contributed by atoms with van der Waals surface area (Å²) in [5.41, 5.74) is -0.335. The van der Waals surface area contributed by atoms with Crippen LogP contribution in [0.1, 0.15) is 15.9 Å². The van der Waals surface area contributed by atoms with E-state index in [1.165, 1.54) is 18.2 Å². The normalized spacial score (nSPS) is 10.4. The molecule has 18 heavy (non-hydrogen) atoms. The van der Waals surface area contributed by atoms with E-state index in [2.05, 4.69) is 4.98 Å². The van der Waals surface area contributed by atoms with E-state index in [9.17, 15) is 13.6 Å². The van der Waals surface area contributed by atoms with Crippen molar-refractivity contribution in [3.05, 3.63) is 63.4 Å². The molecule has 0 amide bonds. The molecule has 1 aromatic carbocycles. The molecule has 2 nitrogen and oxygen atoms in total. The SMILES string of the molecule is O=C(c1cc(Cl)cc(Cl)c1)c1cc(F)ncc1F. The molecule has 0 atom stereocenters. The van der Waals surface area contributed by atoms with Crippen LogP contribution in [0.2, 0.25) is 10.0 Å². The lowest BCUT2D eigenvalue weighted by Crippen LogP contribution is -2.06. The number of ketones is 1. The van der Waals surface area contributed by atoms with Gasteiger partial charge in [0.05, 0.1) is 11.8 Å². The first-order valence-corrected chi connectivity index (χ1v) is 5.55. The van der Waals surface area contributed by atoms with Crippen molar-refractivity contribution in [2.75, 3.05) is 0 Å². The highest BCUT2D eigenvalue weighted by Gasteiger charge is 2.16. The fourth-order valence-corrected chi connectivity index (χ4v) is 1.95. The number of rotatable bonds is 2. The van der Waals surface area contributed by atoms with Gasteiger partial charge in [-0.25, -0.2) is 9.37 Å². The third kappa shape index (κ3) is 2.66. The van der Waals surface area contributed by atoms with Gasteiger partial charge in [0.25, 0.3) is 0 Å². The molecule has 0 spiro atoms. The van der Waals surface area contributed by atoms with Crippen molar-refractivity contribution in [2.24, 2.45) is 0 Å². The average molecular weight is 288 g/mol. The zero-order valence-electron chi connectivity index (χ0n) is 8.75. The third-order valence-electron chi connectivity index (χ3n) is 2.19. The van der Waals surface area contributed by atoms with E-state index >= 15 is 0 Å². The topological polar surface area (TPSA) is 30.0 Å². The molecule has 0 bridgehead atoms. The minimum absolute atomic E-state index is 0.0806. The Balaban J connectivity index is 2.51. The molecule has 92 valence electrons. The lowest BCUT2D eigenvalue weighted by atomic mass is 10.0. The summed E-state index contributed by atoms with van der Waals surface area (Å²) in [6.45, 7) is 0. The second-order valence-corrected chi connectivity index (χ2v) is 4.35. The van der Waals surface area contributed by atoms with E-state index in [0.717, 1.165) is 6.07 Å². The first kappa shape index (κ1) is 12.9. The zero-order chi connectivity index (χ0) is 13.3. The van der Waals surface area contributed by atoms with Crippen LogP contribution in [0.4, 0.5) is 8.78 Å². The van der Waals surface area contributed by atoms with E-state index in [4.69, 9.17) is 23.2 Å². The Hall–Kier alpha value is -1.52. The second kappa shape index (κ2) is 5.00. The number of hydrogen-bond donors (Lipinski definition) is 0. The highest BCUT2D eigenvalue weighted by Crippen LogP contribution is 2.22. The van der Waals surface area contributed by atoms with Crippen molar-refractivity contribution in [3.63, 3.8) is 0 Å². The van der Waals surface area contributed by atoms with E-state index in [1.54, 1.807) is 0 Å². The van der Waals surface area contributed by atoms with Gasteiger partial charge < -0.3 is 0 Å². The monoisotopic (exact) mass is 287 g/mol. The summed E-state index contributed by atoms with van der Waals surface area (Å²) in [5, 5.41) is 0.474. The fourth-order valence-electron chi connectivity index (χ4n) is 1.43. The number of benzene rings is 1.